The molecule has 7 heteroatoms. The van der Waals surface area contributed by atoms with E-state index in [9.17, 15) is 13.2 Å². The molecule has 0 aromatic rings. The number of hydrogen-bond donors (Lipinski definition) is 1. The Morgan fingerprint density at radius 3 is 2.47 bits per heavy atom. The predicted molar refractivity (Wildman–Crippen MR) is 73.2 cm³/mol. The molecule has 0 aromatic heterocycles. The van der Waals surface area contributed by atoms with E-state index in [1.54, 1.807) is 19.9 Å². The molecule has 0 heterocycles. The summed E-state index contributed by atoms with van der Waals surface area (Å²) in [6.45, 7) is 4.92. The van der Waals surface area contributed by atoms with Crippen LogP contribution in [0.3, 0.4) is 0 Å². The van der Waals surface area contributed by atoms with Gasteiger partial charge in [0.05, 0.1) is 26.4 Å². The van der Waals surface area contributed by atoms with Crippen molar-refractivity contribution >= 4 is 16.1 Å². The zero-order valence-corrected chi connectivity index (χ0v) is 12.8. The molecular formula is C12H24NO5S+. The van der Waals surface area contributed by atoms with E-state index in [0.717, 1.165) is 0 Å². The van der Waals surface area contributed by atoms with Gasteiger partial charge in [0.15, 0.2) is 0 Å². The number of likely N-dealkylation sites (N-methyl/N-ethyl adjacent to an activating group) is 1. The summed E-state index contributed by atoms with van der Waals surface area (Å²) in [5, 5.41) is 0. The number of ether oxygens (including phenoxy) is 1. The summed E-state index contributed by atoms with van der Waals surface area (Å²) in [5.41, 5.74) is 0. The highest BCUT2D eigenvalue weighted by Gasteiger charge is 2.23. The highest BCUT2D eigenvalue weighted by molar-refractivity contribution is 7.85. The Morgan fingerprint density at radius 2 is 2.00 bits per heavy atom. The van der Waals surface area contributed by atoms with Gasteiger partial charge in [-0.2, -0.15) is 8.42 Å². The van der Waals surface area contributed by atoms with Crippen molar-refractivity contribution < 1.29 is 27.0 Å². The maximum absolute atomic E-state index is 11.1. The van der Waals surface area contributed by atoms with E-state index in [1.165, 1.54) is 6.08 Å². The van der Waals surface area contributed by atoms with Crippen LogP contribution >= 0.6 is 0 Å². The monoisotopic (exact) mass is 294 g/mol. The van der Waals surface area contributed by atoms with Crippen molar-refractivity contribution in [2.75, 3.05) is 39.5 Å². The van der Waals surface area contributed by atoms with Gasteiger partial charge in [-0.25, -0.2) is 4.79 Å². The maximum Gasteiger partial charge on any atom is 0.330 e. The summed E-state index contributed by atoms with van der Waals surface area (Å²) in [6, 6.07) is 0. The lowest BCUT2D eigenvalue weighted by molar-refractivity contribution is -0.893. The van der Waals surface area contributed by atoms with Crippen molar-refractivity contribution in [3.05, 3.63) is 12.2 Å². The fraction of sp³-hybridized carbons (Fsp3) is 0.750. The Balaban J connectivity index is 4.14. The number of rotatable bonds is 8. The molecule has 112 valence electrons. The van der Waals surface area contributed by atoms with Crippen molar-refractivity contribution in [2.24, 2.45) is 5.92 Å². The van der Waals surface area contributed by atoms with E-state index in [0.29, 0.717) is 17.6 Å². The van der Waals surface area contributed by atoms with Crippen molar-refractivity contribution in [2.45, 2.75) is 13.8 Å². The molecule has 0 spiro atoms. The van der Waals surface area contributed by atoms with E-state index >= 15 is 0 Å². The van der Waals surface area contributed by atoms with Crippen molar-refractivity contribution in [1.29, 1.82) is 0 Å². The number of esters is 1. The van der Waals surface area contributed by atoms with Crippen LogP contribution in [-0.2, 0) is 19.6 Å². The fourth-order valence-electron chi connectivity index (χ4n) is 1.92. The first-order chi connectivity index (χ1) is 8.56. The number of allylic oxidation sites excluding steroid dienone is 1. The first-order valence-corrected chi connectivity index (χ1v) is 7.73. The minimum absolute atomic E-state index is 0.170. The van der Waals surface area contributed by atoms with Gasteiger partial charge in [0, 0.05) is 12.0 Å². The summed E-state index contributed by atoms with van der Waals surface area (Å²) in [5.74, 6) is -0.808. The first-order valence-electron chi connectivity index (χ1n) is 6.12. The number of carbonyl (C=O) groups is 1. The number of hydrogen-bond acceptors (Lipinski definition) is 4. The quantitative estimate of drug-likeness (QED) is 0.308. The third-order valence-corrected chi connectivity index (χ3v) is 3.54. The lowest BCUT2D eigenvalue weighted by Crippen LogP contribution is -2.46. The van der Waals surface area contributed by atoms with Gasteiger partial charge in [-0.3, -0.25) is 4.55 Å². The summed E-state index contributed by atoms with van der Waals surface area (Å²) >= 11 is 0. The Labute approximate surface area is 115 Å². The highest BCUT2D eigenvalue weighted by atomic mass is 32.2. The largest absolute Gasteiger partial charge is 0.457 e. The van der Waals surface area contributed by atoms with Crippen LogP contribution in [0.15, 0.2) is 12.2 Å². The molecule has 0 radical (unpaired) electrons. The summed E-state index contributed by atoms with van der Waals surface area (Å²) in [7, 11) is -0.100. The highest BCUT2D eigenvalue weighted by Crippen LogP contribution is 2.07. The molecule has 0 saturated heterocycles. The van der Waals surface area contributed by atoms with Gasteiger partial charge in [0.1, 0.15) is 13.2 Å². The van der Waals surface area contributed by atoms with Crippen LogP contribution in [0.5, 0.6) is 0 Å². The lowest BCUT2D eigenvalue weighted by Gasteiger charge is -2.31. The minimum Gasteiger partial charge on any atom is -0.457 e. The molecule has 0 saturated carbocycles. The van der Waals surface area contributed by atoms with Crippen molar-refractivity contribution in [3.63, 3.8) is 0 Å². The second-order valence-corrected chi connectivity index (χ2v) is 6.86. The molecule has 19 heavy (non-hydrogen) atoms. The second kappa shape index (κ2) is 7.62. The molecular weight excluding hydrogens is 270 g/mol. The molecule has 6 nitrogen and oxygen atoms in total. The summed E-state index contributed by atoms with van der Waals surface area (Å²) in [6.07, 6.45) is 2.96. The molecule has 0 fully saturated rings. The third kappa shape index (κ3) is 10.7. The second-order valence-electron chi connectivity index (χ2n) is 5.36. The molecule has 1 unspecified atom stereocenters. The third-order valence-electron chi connectivity index (χ3n) is 2.54. The van der Waals surface area contributed by atoms with Crippen LogP contribution in [0, 0.1) is 5.92 Å². The van der Waals surface area contributed by atoms with Gasteiger partial charge in [-0.15, -0.1) is 0 Å². The number of carbonyl (C=O) groups excluding carboxylic acids is 1. The topological polar surface area (TPSA) is 80.7 Å². The van der Waals surface area contributed by atoms with Crippen LogP contribution < -0.4 is 0 Å². The van der Waals surface area contributed by atoms with Crippen molar-refractivity contribution in [3.8, 4) is 0 Å². The smallest absolute Gasteiger partial charge is 0.330 e. The van der Waals surface area contributed by atoms with E-state index in [2.05, 4.69) is 0 Å². The van der Waals surface area contributed by atoms with Crippen LogP contribution in [0.1, 0.15) is 13.8 Å². The van der Waals surface area contributed by atoms with Gasteiger partial charge >= 0.3 is 5.97 Å². The summed E-state index contributed by atoms with van der Waals surface area (Å²) in [4.78, 5) is 11.1. The zero-order chi connectivity index (χ0) is 15.1. The Kier molecular flexibility index (Phi) is 7.25. The van der Waals surface area contributed by atoms with Gasteiger partial charge in [-0.1, -0.05) is 13.0 Å². The number of nitrogens with zero attached hydrogens (tertiary/aromatic N) is 1. The normalized spacial score (nSPS) is 14.6. The molecule has 0 rings (SSSR count). The van der Waals surface area contributed by atoms with E-state index in [1.807, 2.05) is 14.1 Å². The lowest BCUT2D eigenvalue weighted by atomic mass is 10.2. The molecule has 0 aromatic carbocycles. The standard InChI is InChI=1S/C12H23NO5S/c1-5-6-12(14)18-8-7-13(3,4)9-11(2)10-19(15,16)17/h5-6,11H,7-10H2,1-4H3/p+1. The molecule has 1 atom stereocenters. The molecule has 0 aliphatic heterocycles. The number of quaternary nitrogens is 1. The molecule has 0 bridgehead atoms. The van der Waals surface area contributed by atoms with Crippen LogP contribution in [-0.4, -0.2) is 63.0 Å². The minimum atomic E-state index is -3.94. The predicted octanol–water partition coefficient (Wildman–Crippen LogP) is 0.706. The van der Waals surface area contributed by atoms with Gasteiger partial charge < -0.3 is 9.22 Å². The Morgan fingerprint density at radius 1 is 1.42 bits per heavy atom. The van der Waals surface area contributed by atoms with E-state index in [4.69, 9.17) is 9.29 Å². The molecule has 1 N–H and O–H groups in total. The van der Waals surface area contributed by atoms with Crippen molar-refractivity contribution in [1.82, 2.24) is 0 Å². The average molecular weight is 294 g/mol. The fourth-order valence-corrected chi connectivity index (χ4v) is 2.75. The Bertz CT molecular complexity index is 414. The maximum atomic E-state index is 11.1. The molecule has 0 aliphatic rings. The molecule has 0 aliphatic carbocycles. The SMILES string of the molecule is CC=CC(=O)OCC[N+](C)(C)CC(C)CS(=O)(=O)O. The van der Waals surface area contributed by atoms with Gasteiger partial charge in [-0.05, 0) is 6.92 Å². The first kappa shape index (κ1) is 18.1. The van der Waals surface area contributed by atoms with Gasteiger partial charge in [0.2, 0.25) is 0 Å². The van der Waals surface area contributed by atoms with Gasteiger partial charge in [0.25, 0.3) is 10.1 Å². The van der Waals surface area contributed by atoms with E-state index < -0.39 is 10.1 Å². The Hall–Kier alpha value is -0.920. The zero-order valence-electron chi connectivity index (χ0n) is 12.0. The molecule has 0 amide bonds. The average Bonchev–Trinajstić information content (AvgIpc) is 2.12. The van der Waals surface area contributed by atoms with Crippen LogP contribution in [0.4, 0.5) is 0 Å². The van der Waals surface area contributed by atoms with E-state index in [-0.39, 0.29) is 24.2 Å². The van der Waals surface area contributed by atoms with Crippen LogP contribution in [0.2, 0.25) is 0 Å². The summed E-state index contributed by atoms with van der Waals surface area (Å²) < 4.78 is 35.8. The van der Waals surface area contributed by atoms with Crippen LogP contribution in [0.25, 0.3) is 0 Å².